The van der Waals surface area contributed by atoms with Gasteiger partial charge in [-0.1, -0.05) is 6.58 Å². The largest absolute Gasteiger partial charge is 0.456 e. The zero-order valence-corrected chi connectivity index (χ0v) is 15.5. The van der Waals surface area contributed by atoms with Gasteiger partial charge in [0, 0.05) is 5.57 Å². The molecular weight excluding hydrogens is 320 g/mol. The van der Waals surface area contributed by atoms with Crippen molar-refractivity contribution in [3.8, 4) is 0 Å². The second kappa shape index (κ2) is 5.54. The monoisotopic (exact) mass is 350 g/mol. The molecule has 5 nitrogen and oxygen atoms in total. The van der Waals surface area contributed by atoms with E-state index >= 15 is 0 Å². The highest BCUT2D eigenvalue weighted by atomic mass is 16.6. The molecule has 7 atom stereocenters. The normalized spacial score (nSPS) is 53.1. The van der Waals surface area contributed by atoms with E-state index in [9.17, 15) is 9.90 Å². The summed E-state index contributed by atoms with van der Waals surface area (Å²) < 4.78 is 17.4. The van der Waals surface area contributed by atoms with Crippen LogP contribution in [0.5, 0.6) is 0 Å². The molecule has 3 saturated heterocycles. The lowest BCUT2D eigenvalue weighted by Crippen LogP contribution is -2.47. The number of ether oxygens (including phenoxy) is 3. The number of epoxide rings is 2. The molecule has 0 aromatic carbocycles. The van der Waals surface area contributed by atoms with Gasteiger partial charge in [0.1, 0.15) is 6.10 Å². The Labute approximate surface area is 149 Å². The highest BCUT2D eigenvalue weighted by Crippen LogP contribution is 2.50. The molecule has 3 aliphatic heterocycles. The second-order valence-electron chi connectivity index (χ2n) is 9.16. The highest BCUT2D eigenvalue weighted by molar-refractivity contribution is 5.89. The highest BCUT2D eigenvalue weighted by Gasteiger charge is 2.57. The predicted octanol–water partition coefficient (Wildman–Crippen LogP) is 2.89. The summed E-state index contributed by atoms with van der Waals surface area (Å²) in [4.78, 5) is 12.2. The number of rotatable bonds is 0. The van der Waals surface area contributed by atoms with E-state index in [4.69, 9.17) is 14.2 Å². The van der Waals surface area contributed by atoms with Gasteiger partial charge in [0.2, 0.25) is 0 Å². The minimum absolute atomic E-state index is 0.0600. The van der Waals surface area contributed by atoms with Crippen molar-refractivity contribution in [1.29, 1.82) is 0 Å². The molecule has 4 rings (SSSR count). The fourth-order valence-electron chi connectivity index (χ4n) is 4.71. The number of hydrogen-bond acceptors (Lipinski definition) is 5. The molecule has 140 valence electrons. The molecule has 0 spiro atoms. The summed E-state index contributed by atoms with van der Waals surface area (Å²) in [7, 11) is 0. The predicted molar refractivity (Wildman–Crippen MR) is 92.0 cm³/mol. The molecule has 1 aliphatic carbocycles. The summed E-state index contributed by atoms with van der Waals surface area (Å²) in [6, 6.07) is 0. The number of aliphatic hydroxyl groups is 1. The van der Waals surface area contributed by atoms with Crippen LogP contribution in [-0.4, -0.2) is 46.2 Å². The first kappa shape index (κ1) is 17.5. The number of carbonyl (C=O) groups is 1. The van der Waals surface area contributed by atoms with Gasteiger partial charge in [-0.05, 0) is 71.6 Å². The van der Waals surface area contributed by atoms with Crippen molar-refractivity contribution in [3.63, 3.8) is 0 Å². The van der Waals surface area contributed by atoms with Gasteiger partial charge in [0.05, 0.1) is 29.0 Å². The second-order valence-corrected chi connectivity index (χ2v) is 9.16. The lowest BCUT2D eigenvalue weighted by Gasteiger charge is -2.39. The molecule has 1 N–H and O–H groups in total. The number of hydrogen-bond donors (Lipinski definition) is 1. The van der Waals surface area contributed by atoms with Crippen LogP contribution in [0, 0.1) is 5.92 Å². The van der Waals surface area contributed by atoms with Gasteiger partial charge < -0.3 is 19.3 Å². The quantitative estimate of drug-likeness (QED) is 0.413. The molecule has 4 fully saturated rings. The van der Waals surface area contributed by atoms with Crippen molar-refractivity contribution in [2.45, 2.75) is 101 Å². The molecule has 3 heterocycles. The van der Waals surface area contributed by atoms with Crippen LogP contribution in [0.15, 0.2) is 12.2 Å². The van der Waals surface area contributed by atoms with E-state index in [2.05, 4.69) is 20.4 Å². The Morgan fingerprint density at radius 2 is 1.52 bits per heavy atom. The Morgan fingerprint density at radius 1 is 0.960 bits per heavy atom. The average Bonchev–Trinajstić information content (AvgIpc) is 3.40. The zero-order chi connectivity index (χ0) is 18.0. The van der Waals surface area contributed by atoms with Crippen LogP contribution in [0.1, 0.15) is 65.7 Å². The first-order chi connectivity index (χ1) is 11.6. The number of fused-ring (bicyclic) bond motifs is 4. The summed E-state index contributed by atoms with van der Waals surface area (Å²) in [6.07, 6.45) is 5.75. The molecule has 0 aromatic rings. The lowest BCUT2D eigenvalue weighted by molar-refractivity contribution is -0.168. The Kier molecular flexibility index (Phi) is 3.88. The maximum Gasteiger partial charge on any atom is 0.334 e. The Hall–Kier alpha value is -0.910. The van der Waals surface area contributed by atoms with Crippen LogP contribution in [0.3, 0.4) is 0 Å². The minimum atomic E-state index is -1.03. The molecule has 25 heavy (non-hydrogen) atoms. The van der Waals surface area contributed by atoms with E-state index in [1.54, 1.807) is 6.92 Å². The third-order valence-electron chi connectivity index (χ3n) is 7.07. The zero-order valence-electron chi connectivity index (χ0n) is 15.5. The van der Waals surface area contributed by atoms with E-state index < -0.39 is 11.7 Å². The van der Waals surface area contributed by atoms with Crippen LogP contribution in [0.4, 0.5) is 0 Å². The van der Waals surface area contributed by atoms with Gasteiger partial charge >= 0.3 is 5.97 Å². The van der Waals surface area contributed by atoms with E-state index in [1.165, 1.54) is 0 Å². The maximum absolute atomic E-state index is 12.2. The van der Waals surface area contributed by atoms with Crippen molar-refractivity contribution in [1.82, 2.24) is 0 Å². The molecule has 5 heteroatoms. The molecule has 0 unspecified atom stereocenters. The number of carbonyl (C=O) groups excluding carboxylic acids is 1. The lowest BCUT2D eigenvalue weighted by atomic mass is 9.78. The Morgan fingerprint density at radius 3 is 2.16 bits per heavy atom. The summed E-state index contributed by atoms with van der Waals surface area (Å²) in [5.74, 6) is -0.302. The van der Waals surface area contributed by atoms with Crippen LogP contribution < -0.4 is 0 Å². The van der Waals surface area contributed by atoms with Gasteiger partial charge in [-0.2, -0.15) is 0 Å². The minimum Gasteiger partial charge on any atom is -0.456 e. The number of esters is 1. The Bertz CT molecular complexity index is 599. The fourth-order valence-corrected chi connectivity index (χ4v) is 4.71. The standard InChI is InChI=1S/C20H30O5/c1-12-13-5-9-19(3)15(25-19)7-10-20(4)14(24-20)6-8-18(2,22)16(11-13)23-17(12)21/h13-16,22H,1,5-11H2,2-4H3/t13-,14+,15-,16+,18+,19-,20+/m0/s1. The SMILES string of the molecule is C=C1C(=O)O[C@@H]2C[C@@H]1CC[C@]1(C)O[C@H]1CC[C@@]1(C)O[C@@H]1CC[C@@]2(C)O. The van der Waals surface area contributed by atoms with Crippen molar-refractivity contribution in [2.75, 3.05) is 0 Å². The third-order valence-corrected chi connectivity index (χ3v) is 7.07. The molecule has 0 amide bonds. The molecule has 1 saturated carbocycles. The van der Waals surface area contributed by atoms with E-state index in [1.807, 2.05) is 0 Å². The topological polar surface area (TPSA) is 71.6 Å². The maximum atomic E-state index is 12.2. The van der Waals surface area contributed by atoms with Crippen molar-refractivity contribution in [3.05, 3.63) is 12.2 Å². The van der Waals surface area contributed by atoms with E-state index in [-0.39, 0.29) is 29.2 Å². The molecule has 4 aliphatic rings. The first-order valence-electron chi connectivity index (χ1n) is 9.61. The van der Waals surface area contributed by atoms with Gasteiger partial charge in [0.25, 0.3) is 0 Å². The van der Waals surface area contributed by atoms with Gasteiger partial charge in [0.15, 0.2) is 0 Å². The summed E-state index contributed by atoms with van der Waals surface area (Å²) in [6.45, 7) is 10.0. The van der Waals surface area contributed by atoms with Crippen LogP contribution in [0.25, 0.3) is 0 Å². The molecule has 0 aromatic heterocycles. The van der Waals surface area contributed by atoms with Crippen molar-refractivity contribution in [2.24, 2.45) is 5.92 Å². The van der Waals surface area contributed by atoms with Gasteiger partial charge in [-0.3, -0.25) is 0 Å². The molecular formula is C20H30O5. The van der Waals surface area contributed by atoms with E-state index in [0.29, 0.717) is 24.5 Å². The van der Waals surface area contributed by atoms with Crippen LogP contribution >= 0.6 is 0 Å². The fraction of sp³-hybridized carbons (Fsp3) is 0.850. The van der Waals surface area contributed by atoms with Crippen LogP contribution in [0.2, 0.25) is 0 Å². The van der Waals surface area contributed by atoms with Crippen molar-refractivity contribution < 1.29 is 24.1 Å². The van der Waals surface area contributed by atoms with E-state index in [0.717, 1.165) is 32.1 Å². The summed E-state index contributed by atoms with van der Waals surface area (Å²) >= 11 is 0. The van der Waals surface area contributed by atoms with Crippen molar-refractivity contribution >= 4 is 5.97 Å². The van der Waals surface area contributed by atoms with Crippen LogP contribution in [-0.2, 0) is 19.0 Å². The summed E-state index contributed by atoms with van der Waals surface area (Å²) in [5, 5.41) is 10.9. The first-order valence-corrected chi connectivity index (χ1v) is 9.61. The van der Waals surface area contributed by atoms with Gasteiger partial charge in [-0.25, -0.2) is 4.79 Å². The summed E-state index contributed by atoms with van der Waals surface area (Å²) in [5.41, 5.74) is -0.677. The van der Waals surface area contributed by atoms with Gasteiger partial charge in [-0.15, -0.1) is 0 Å². The molecule has 2 bridgehead atoms. The molecule has 0 radical (unpaired) electrons. The third kappa shape index (κ3) is 3.15. The Balaban J connectivity index is 1.54. The smallest absolute Gasteiger partial charge is 0.334 e. The average molecular weight is 350 g/mol.